The van der Waals surface area contributed by atoms with Crippen LogP contribution in [0.4, 0.5) is 0 Å². The highest BCUT2D eigenvalue weighted by molar-refractivity contribution is 7.80. The molecule has 3 N–H and O–H groups in total. The van der Waals surface area contributed by atoms with Crippen molar-refractivity contribution in [3.8, 4) is 11.5 Å². The highest BCUT2D eigenvalue weighted by Gasteiger charge is 2.06. The van der Waals surface area contributed by atoms with Crippen LogP contribution in [0.25, 0.3) is 0 Å². The van der Waals surface area contributed by atoms with Crippen LogP contribution >= 0.6 is 12.2 Å². The molecule has 5 heteroatoms. The Morgan fingerprint density at radius 1 is 1.10 bits per heavy atom. The fourth-order valence-corrected chi connectivity index (χ4v) is 1.94. The standard InChI is InChI=1S/C16H18N2O2S/c1-19-14-8-7-13(10-18-16(17)21)9-15(14)20-11-12-5-3-2-4-6-12/h2-9H,10-11H2,1H3,(H3,17,18,21). The van der Waals surface area contributed by atoms with Crippen LogP contribution in [0.15, 0.2) is 48.5 Å². The Morgan fingerprint density at radius 2 is 1.86 bits per heavy atom. The smallest absolute Gasteiger partial charge is 0.163 e. The van der Waals surface area contributed by atoms with Crippen molar-refractivity contribution in [1.29, 1.82) is 0 Å². The van der Waals surface area contributed by atoms with Gasteiger partial charge < -0.3 is 20.5 Å². The van der Waals surface area contributed by atoms with Crippen LogP contribution in [0, 0.1) is 0 Å². The van der Waals surface area contributed by atoms with Gasteiger partial charge in [-0.2, -0.15) is 0 Å². The number of methoxy groups -OCH3 is 1. The van der Waals surface area contributed by atoms with Crippen LogP contribution in [0.1, 0.15) is 11.1 Å². The van der Waals surface area contributed by atoms with Crippen molar-refractivity contribution in [2.24, 2.45) is 5.73 Å². The van der Waals surface area contributed by atoms with Crippen molar-refractivity contribution < 1.29 is 9.47 Å². The Hall–Kier alpha value is -2.27. The minimum Gasteiger partial charge on any atom is -0.493 e. The quantitative estimate of drug-likeness (QED) is 0.803. The molecule has 0 heterocycles. The number of thiocarbonyl (C=S) groups is 1. The van der Waals surface area contributed by atoms with E-state index in [-0.39, 0.29) is 5.11 Å². The molecule has 2 rings (SSSR count). The Morgan fingerprint density at radius 3 is 2.52 bits per heavy atom. The first-order chi connectivity index (χ1) is 10.2. The molecule has 0 aromatic heterocycles. The maximum Gasteiger partial charge on any atom is 0.163 e. The van der Waals surface area contributed by atoms with Gasteiger partial charge in [-0.25, -0.2) is 0 Å². The van der Waals surface area contributed by atoms with Gasteiger partial charge in [0, 0.05) is 6.54 Å². The zero-order chi connectivity index (χ0) is 15.1. The lowest BCUT2D eigenvalue weighted by molar-refractivity contribution is 0.284. The van der Waals surface area contributed by atoms with Crippen molar-refractivity contribution in [1.82, 2.24) is 5.32 Å². The lowest BCUT2D eigenvalue weighted by Gasteiger charge is -2.13. The van der Waals surface area contributed by atoms with E-state index in [9.17, 15) is 0 Å². The van der Waals surface area contributed by atoms with Crippen molar-refractivity contribution in [2.75, 3.05) is 7.11 Å². The molecule has 0 fully saturated rings. The molecular formula is C16H18N2O2S. The Labute approximate surface area is 129 Å². The zero-order valence-corrected chi connectivity index (χ0v) is 12.7. The monoisotopic (exact) mass is 302 g/mol. The largest absolute Gasteiger partial charge is 0.493 e. The van der Waals surface area contributed by atoms with Crippen molar-refractivity contribution in [3.05, 3.63) is 59.7 Å². The van der Waals surface area contributed by atoms with E-state index in [0.29, 0.717) is 24.7 Å². The van der Waals surface area contributed by atoms with Gasteiger partial charge in [0.15, 0.2) is 16.6 Å². The van der Waals surface area contributed by atoms with Crippen LogP contribution in [-0.2, 0) is 13.2 Å². The van der Waals surface area contributed by atoms with Gasteiger partial charge in [0.05, 0.1) is 7.11 Å². The average Bonchev–Trinajstić information content (AvgIpc) is 2.52. The lowest BCUT2D eigenvalue weighted by atomic mass is 10.2. The van der Waals surface area contributed by atoms with E-state index in [1.165, 1.54) is 0 Å². The molecule has 0 saturated carbocycles. The van der Waals surface area contributed by atoms with Crippen LogP contribution in [0.2, 0.25) is 0 Å². The summed E-state index contributed by atoms with van der Waals surface area (Å²) in [6.45, 7) is 1.05. The fourth-order valence-electron chi connectivity index (χ4n) is 1.87. The van der Waals surface area contributed by atoms with Gasteiger partial charge >= 0.3 is 0 Å². The summed E-state index contributed by atoms with van der Waals surface area (Å²) in [5, 5.41) is 3.19. The van der Waals surface area contributed by atoms with E-state index in [1.54, 1.807) is 7.11 Å². The summed E-state index contributed by atoms with van der Waals surface area (Å²) < 4.78 is 11.2. The van der Waals surface area contributed by atoms with Crippen LogP contribution < -0.4 is 20.5 Å². The molecular weight excluding hydrogens is 284 g/mol. The molecule has 110 valence electrons. The van der Waals surface area contributed by atoms with E-state index in [1.807, 2.05) is 48.5 Å². The van der Waals surface area contributed by atoms with E-state index in [4.69, 9.17) is 27.4 Å². The minimum absolute atomic E-state index is 0.276. The third-order valence-corrected chi connectivity index (χ3v) is 3.08. The molecule has 2 aromatic carbocycles. The van der Waals surface area contributed by atoms with Gasteiger partial charge in [0.25, 0.3) is 0 Å². The van der Waals surface area contributed by atoms with Crippen LogP contribution in [-0.4, -0.2) is 12.2 Å². The molecule has 0 unspecified atom stereocenters. The van der Waals surface area contributed by atoms with Crippen LogP contribution in [0.5, 0.6) is 11.5 Å². The Kier molecular flexibility index (Phi) is 5.40. The molecule has 21 heavy (non-hydrogen) atoms. The molecule has 0 bridgehead atoms. The fraction of sp³-hybridized carbons (Fsp3) is 0.188. The molecule has 0 amide bonds. The van der Waals surface area contributed by atoms with Gasteiger partial charge in [0.2, 0.25) is 0 Å². The average molecular weight is 302 g/mol. The second-order valence-electron chi connectivity index (χ2n) is 4.48. The van der Waals surface area contributed by atoms with E-state index in [2.05, 4.69) is 5.32 Å². The summed E-state index contributed by atoms with van der Waals surface area (Å²) in [6, 6.07) is 15.7. The number of nitrogens with two attached hydrogens (primary N) is 1. The molecule has 0 aliphatic carbocycles. The molecule has 0 atom stereocenters. The first-order valence-electron chi connectivity index (χ1n) is 6.56. The van der Waals surface area contributed by atoms with E-state index >= 15 is 0 Å². The molecule has 0 aliphatic heterocycles. The van der Waals surface area contributed by atoms with Gasteiger partial charge in [-0.05, 0) is 35.5 Å². The Bertz CT molecular complexity index is 602. The molecule has 0 spiro atoms. The van der Waals surface area contributed by atoms with Gasteiger partial charge in [-0.1, -0.05) is 36.4 Å². The SMILES string of the molecule is COc1ccc(CNC(N)=S)cc1OCc1ccccc1. The summed E-state index contributed by atoms with van der Waals surface area (Å²) >= 11 is 4.80. The summed E-state index contributed by atoms with van der Waals surface area (Å²) in [6.07, 6.45) is 0. The predicted molar refractivity (Wildman–Crippen MR) is 87.4 cm³/mol. The molecule has 2 aromatic rings. The lowest BCUT2D eigenvalue weighted by Crippen LogP contribution is -2.28. The number of rotatable bonds is 6. The summed E-state index contributed by atoms with van der Waals surface area (Å²) in [5.74, 6) is 1.40. The summed E-state index contributed by atoms with van der Waals surface area (Å²) in [7, 11) is 1.62. The second kappa shape index (κ2) is 7.50. The zero-order valence-electron chi connectivity index (χ0n) is 11.8. The number of benzene rings is 2. The number of ether oxygens (including phenoxy) is 2. The number of hydrogen-bond donors (Lipinski definition) is 2. The molecule has 4 nitrogen and oxygen atoms in total. The highest BCUT2D eigenvalue weighted by Crippen LogP contribution is 2.28. The maximum absolute atomic E-state index is 5.84. The summed E-state index contributed by atoms with van der Waals surface area (Å²) in [4.78, 5) is 0. The second-order valence-corrected chi connectivity index (χ2v) is 4.92. The third-order valence-electron chi connectivity index (χ3n) is 2.93. The van der Waals surface area contributed by atoms with Crippen molar-refractivity contribution >= 4 is 17.3 Å². The maximum atomic E-state index is 5.84. The van der Waals surface area contributed by atoms with Gasteiger partial charge in [0.1, 0.15) is 6.61 Å². The van der Waals surface area contributed by atoms with Gasteiger partial charge in [-0.15, -0.1) is 0 Å². The third kappa shape index (κ3) is 4.65. The Balaban J connectivity index is 2.08. The topological polar surface area (TPSA) is 56.5 Å². The molecule has 0 saturated heterocycles. The molecule has 0 aliphatic rings. The van der Waals surface area contributed by atoms with Crippen LogP contribution in [0.3, 0.4) is 0 Å². The number of nitrogens with one attached hydrogen (secondary N) is 1. The summed E-state index contributed by atoms with van der Waals surface area (Å²) in [5.41, 5.74) is 7.56. The first kappa shape index (κ1) is 15.1. The van der Waals surface area contributed by atoms with Crippen molar-refractivity contribution in [3.63, 3.8) is 0 Å². The normalized spacial score (nSPS) is 9.95. The van der Waals surface area contributed by atoms with Crippen molar-refractivity contribution in [2.45, 2.75) is 13.2 Å². The van der Waals surface area contributed by atoms with Gasteiger partial charge in [-0.3, -0.25) is 0 Å². The first-order valence-corrected chi connectivity index (χ1v) is 6.97. The number of hydrogen-bond acceptors (Lipinski definition) is 3. The van der Waals surface area contributed by atoms with E-state index < -0.39 is 0 Å². The predicted octanol–water partition coefficient (Wildman–Crippen LogP) is 2.61. The highest BCUT2D eigenvalue weighted by atomic mass is 32.1. The van der Waals surface area contributed by atoms with E-state index in [0.717, 1.165) is 11.1 Å². The molecule has 0 radical (unpaired) electrons. The minimum atomic E-state index is 0.276.